The van der Waals surface area contributed by atoms with Crippen molar-refractivity contribution in [1.82, 2.24) is 0 Å². The molecule has 0 aliphatic rings. The van der Waals surface area contributed by atoms with E-state index in [0.29, 0.717) is 17.5 Å². The Balaban J connectivity index is 3.02. The molecule has 0 fully saturated rings. The van der Waals surface area contributed by atoms with Crippen LogP contribution in [0.5, 0.6) is 0 Å². The van der Waals surface area contributed by atoms with Gasteiger partial charge in [0.05, 0.1) is 23.9 Å². The third-order valence-electron chi connectivity index (χ3n) is 2.71. The van der Waals surface area contributed by atoms with Gasteiger partial charge in [-0.15, -0.1) is 0 Å². The molecule has 0 radical (unpaired) electrons. The zero-order valence-corrected chi connectivity index (χ0v) is 12.1. The Kier molecular flexibility index (Phi) is 6.47. The van der Waals surface area contributed by atoms with Gasteiger partial charge in [-0.3, -0.25) is 0 Å². The summed E-state index contributed by atoms with van der Waals surface area (Å²) in [5.41, 5.74) is 1.78. The molecule has 0 atom stereocenters. The van der Waals surface area contributed by atoms with Crippen molar-refractivity contribution in [2.75, 3.05) is 31.7 Å². The van der Waals surface area contributed by atoms with Crippen LogP contribution in [0.3, 0.4) is 0 Å². The predicted molar refractivity (Wildman–Crippen MR) is 76.3 cm³/mol. The van der Waals surface area contributed by atoms with Gasteiger partial charge in [0.25, 0.3) is 0 Å². The largest absolute Gasteiger partial charge is 0.392 e. The summed E-state index contributed by atoms with van der Waals surface area (Å²) in [5.74, 6) is 0.518. The Bertz CT molecular complexity index is 369. The highest BCUT2D eigenvalue weighted by atomic mass is 35.5. The molecule has 0 bridgehead atoms. The number of para-hydroxylation sites is 1. The lowest BCUT2D eigenvalue weighted by Gasteiger charge is -2.29. The van der Waals surface area contributed by atoms with Gasteiger partial charge in [-0.1, -0.05) is 37.6 Å². The topological polar surface area (TPSA) is 32.7 Å². The van der Waals surface area contributed by atoms with Crippen molar-refractivity contribution in [3.63, 3.8) is 0 Å². The number of nitrogens with zero attached hydrogens (tertiary/aromatic N) is 1. The van der Waals surface area contributed by atoms with Crippen LogP contribution in [-0.4, -0.2) is 31.9 Å². The molecule has 0 spiro atoms. The van der Waals surface area contributed by atoms with Crippen LogP contribution in [0.1, 0.15) is 19.4 Å². The standard InChI is InChI=1S/C14H22ClNO2/c1-11(2)9-16(7-8-18-3)14-12(10-17)5-4-6-13(14)15/h4-6,11,17H,7-10H2,1-3H3. The Morgan fingerprint density at radius 1 is 1.39 bits per heavy atom. The van der Waals surface area contributed by atoms with Crippen molar-refractivity contribution in [2.45, 2.75) is 20.5 Å². The van der Waals surface area contributed by atoms with Gasteiger partial charge in [-0.2, -0.15) is 0 Å². The second-order valence-electron chi connectivity index (χ2n) is 4.74. The molecule has 1 aromatic carbocycles. The maximum Gasteiger partial charge on any atom is 0.0702 e. The molecule has 0 heterocycles. The second kappa shape index (κ2) is 7.62. The summed E-state index contributed by atoms with van der Waals surface area (Å²) < 4.78 is 5.14. The first-order chi connectivity index (χ1) is 8.60. The van der Waals surface area contributed by atoms with Crippen LogP contribution >= 0.6 is 11.6 Å². The van der Waals surface area contributed by atoms with Crippen LogP contribution in [-0.2, 0) is 11.3 Å². The Morgan fingerprint density at radius 3 is 2.67 bits per heavy atom. The van der Waals surface area contributed by atoms with Gasteiger partial charge in [0.1, 0.15) is 0 Å². The maximum atomic E-state index is 9.43. The van der Waals surface area contributed by atoms with E-state index in [1.165, 1.54) is 0 Å². The molecule has 0 saturated heterocycles. The van der Waals surface area contributed by atoms with E-state index in [-0.39, 0.29) is 6.61 Å². The van der Waals surface area contributed by atoms with Crippen LogP contribution in [0.15, 0.2) is 18.2 Å². The zero-order valence-electron chi connectivity index (χ0n) is 11.3. The van der Waals surface area contributed by atoms with Crippen molar-refractivity contribution in [3.05, 3.63) is 28.8 Å². The van der Waals surface area contributed by atoms with Gasteiger partial charge in [-0.25, -0.2) is 0 Å². The van der Waals surface area contributed by atoms with Gasteiger partial charge in [-0.05, 0) is 12.0 Å². The average molecular weight is 272 g/mol. The van der Waals surface area contributed by atoms with Crippen molar-refractivity contribution in [1.29, 1.82) is 0 Å². The van der Waals surface area contributed by atoms with Crippen LogP contribution in [0.25, 0.3) is 0 Å². The van der Waals surface area contributed by atoms with Gasteiger partial charge < -0.3 is 14.7 Å². The van der Waals surface area contributed by atoms with Gasteiger partial charge in [0, 0.05) is 25.8 Å². The minimum Gasteiger partial charge on any atom is -0.392 e. The quantitative estimate of drug-likeness (QED) is 0.828. The number of methoxy groups -OCH3 is 1. The third-order valence-corrected chi connectivity index (χ3v) is 3.01. The number of aliphatic hydroxyl groups excluding tert-OH is 1. The van der Waals surface area contributed by atoms with Gasteiger partial charge in [0.15, 0.2) is 0 Å². The molecule has 0 unspecified atom stereocenters. The maximum absolute atomic E-state index is 9.43. The summed E-state index contributed by atoms with van der Waals surface area (Å²) in [4.78, 5) is 2.18. The monoisotopic (exact) mass is 271 g/mol. The Labute approximate surface area is 114 Å². The van der Waals surface area contributed by atoms with E-state index in [2.05, 4.69) is 18.7 Å². The number of anilines is 1. The molecule has 0 aliphatic heterocycles. The summed E-state index contributed by atoms with van der Waals surface area (Å²) >= 11 is 6.27. The highest BCUT2D eigenvalue weighted by Gasteiger charge is 2.15. The lowest BCUT2D eigenvalue weighted by Crippen LogP contribution is -2.32. The molecule has 3 nitrogen and oxygen atoms in total. The molecular formula is C14H22ClNO2. The van der Waals surface area contributed by atoms with Crippen molar-refractivity contribution < 1.29 is 9.84 Å². The lowest BCUT2D eigenvalue weighted by molar-refractivity contribution is 0.204. The number of ether oxygens (including phenoxy) is 1. The summed E-state index contributed by atoms with van der Waals surface area (Å²) in [6.07, 6.45) is 0. The molecule has 1 aromatic rings. The third kappa shape index (κ3) is 4.16. The van der Waals surface area contributed by atoms with Gasteiger partial charge >= 0.3 is 0 Å². The molecule has 18 heavy (non-hydrogen) atoms. The number of benzene rings is 1. The minimum atomic E-state index is -0.00251. The summed E-state index contributed by atoms with van der Waals surface area (Å²) in [7, 11) is 1.69. The number of halogens is 1. The van der Waals surface area contributed by atoms with Gasteiger partial charge in [0.2, 0.25) is 0 Å². The summed E-state index contributed by atoms with van der Waals surface area (Å²) in [6.45, 7) is 6.62. The smallest absolute Gasteiger partial charge is 0.0702 e. The first-order valence-electron chi connectivity index (χ1n) is 6.22. The van der Waals surface area contributed by atoms with E-state index in [1.807, 2.05) is 18.2 Å². The molecule has 1 N–H and O–H groups in total. The normalized spacial score (nSPS) is 11.0. The Hall–Kier alpha value is -0.770. The van der Waals surface area contributed by atoms with E-state index < -0.39 is 0 Å². The fraction of sp³-hybridized carbons (Fsp3) is 0.571. The molecule has 4 heteroatoms. The van der Waals surface area contributed by atoms with E-state index in [0.717, 1.165) is 24.3 Å². The van der Waals surface area contributed by atoms with Crippen molar-refractivity contribution in [2.24, 2.45) is 5.92 Å². The van der Waals surface area contributed by atoms with E-state index in [1.54, 1.807) is 7.11 Å². The van der Waals surface area contributed by atoms with E-state index in [9.17, 15) is 5.11 Å². The molecule has 0 amide bonds. The van der Waals surface area contributed by atoms with E-state index >= 15 is 0 Å². The second-order valence-corrected chi connectivity index (χ2v) is 5.15. The molecular weight excluding hydrogens is 250 g/mol. The highest BCUT2D eigenvalue weighted by Crippen LogP contribution is 2.30. The fourth-order valence-electron chi connectivity index (χ4n) is 1.98. The van der Waals surface area contributed by atoms with E-state index in [4.69, 9.17) is 16.3 Å². The van der Waals surface area contributed by atoms with Crippen LogP contribution in [0.4, 0.5) is 5.69 Å². The number of hydrogen-bond donors (Lipinski definition) is 1. The summed E-state index contributed by atoms with van der Waals surface area (Å²) in [6, 6.07) is 5.62. The molecule has 0 aromatic heterocycles. The molecule has 0 saturated carbocycles. The van der Waals surface area contributed by atoms with Crippen molar-refractivity contribution >= 4 is 17.3 Å². The zero-order chi connectivity index (χ0) is 13.5. The minimum absolute atomic E-state index is 0.00251. The highest BCUT2D eigenvalue weighted by molar-refractivity contribution is 6.33. The van der Waals surface area contributed by atoms with Crippen LogP contribution in [0, 0.1) is 5.92 Å². The predicted octanol–water partition coefficient (Wildman–Crippen LogP) is 2.94. The summed E-state index contributed by atoms with van der Waals surface area (Å²) in [5, 5.41) is 10.1. The Morgan fingerprint density at radius 2 is 2.11 bits per heavy atom. The lowest BCUT2D eigenvalue weighted by atomic mass is 10.1. The fourth-order valence-corrected chi connectivity index (χ4v) is 2.29. The number of aliphatic hydroxyl groups is 1. The molecule has 102 valence electrons. The van der Waals surface area contributed by atoms with Crippen molar-refractivity contribution in [3.8, 4) is 0 Å². The number of rotatable bonds is 7. The number of hydrogen-bond acceptors (Lipinski definition) is 3. The van der Waals surface area contributed by atoms with Crippen LogP contribution in [0.2, 0.25) is 5.02 Å². The van der Waals surface area contributed by atoms with Crippen LogP contribution < -0.4 is 4.90 Å². The average Bonchev–Trinajstić information content (AvgIpc) is 2.34. The molecule has 0 aliphatic carbocycles. The first kappa shape index (κ1) is 15.3. The SMILES string of the molecule is COCCN(CC(C)C)c1c(Cl)cccc1CO. The first-order valence-corrected chi connectivity index (χ1v) is 6.60. The molecule has 1 rings (SSSR count).